The van der Waals surface area contributed by atoms with E-state index in [0.29, 0.717) is 0 Å². The number of nitrogens with one attached hydrogen (secondary N) is 1. The maximum absolute atomic E-state index is 3.29. The first-order chi connectivity index (χ1) is 9.55. The van der Waals surface area contributed by atoms with E-state index in [2.05, 4.69) is 45.1 Å². The van der Waals surface area contributed by atoms with Gasteiger partial charge in [0, 0.05) is 12.4 Å². The number of hydrogen-bond donors (Lipinski definition) is 1. The van der Waals surface area contributed by atoms with E-state index < -0.39 is 0 Å². The van der Waals surface area contributed by atoms with Crippen LogP contribution in [-0.4, -0.2) is 4.98 Å². The fourth-order valence-corrected chi connectivity index (χ4v) is 2.93. The molecule has 0 unspecified atom stereocenters. The van der Waals surface area contributed by atoms with Crippen molar-refractivity contribution in [1.82, 2.24) is 4.98 Å². The molecular formula is C19H35N. The Morgan fingerprint density at radius 1 is 0.800 bits per heavy atom. The Kier molecular flexibility index (Phi) is 8.02. The second-order valence-corrected chi connectivity index (χ2v) is 7.22. The monoisotopic (exact) mass is 277 g/mol. The van der Waals surface area contributed by atoms with Crippen molar-refractivity contribution in [2.24, 2.45) is 0 Å². The number of hydrogen-bond acceptors (Lipinski definition) is 0. The molecule has 0 atom stereocenters. The molecule has 0 radical (unpaired) electrons. The van der Waals surface area contributed by atoms with E-state index >= 15 is 0 Å². The zero-order valence-electron chi connectivity index (χ0n) is 14.2. The summed E-state index contributed by atoms with van der Waals surface area (Å²) in [5, 5.41) is 0. The molecule has 0 fully saturated rings. The van der Waals surface area contributed by atoms with Crippen molar-refractivity contribution in [3.8, 4) is 0 Å². The topological polar surface area (TPSA) is 15.8 Å². The lowest BCUT2D eigenvalue weighted by atomic mass is 9.85. The number of aromatic nitrogens is 1. The van der Waals surface area contributed by atoms with Crippen LogP contribution in [0.25, 0.3) is 0 Å². The summed E-state index contributed by atoms with van der Waals surface area (Å²) in [5.74, 6) is 0. The van der Waals surface area contributed by atoms with Gasteiger partial charge >= 0.3 is 0 Å². The zero-order valence-corrected chi connectivity index (χ0v) is 14.2. The summed E-state index contributed by atoms with van der Waals surface area (Å²) >= 11 is 0. The summed E-state index contributed by atoms with van der Waals surface area (Å²) in [4.78, 5) is 3.29. The third kappa shape index (κ3) is 6.63. The van der Waals surface area contributed by atoms with Crippen molar-refractivity contribution >= 4 is 0 Å². The number of aryl methyl sites for hydroxylation is 1. The van der Waals surface area contributed by atoms with Crippen LogP contribution in [0.3, 0.4) is 0 Å². The third-order valence-electron chi connectivity index (χ3n) is 4.19. The van der Waals surface area contributed by atoms with E-state index in [0.717, 1.165) is 0 Å². The minimum Gasteiger partial charge on any atom is -0.367 e. The third-order valence-corrected chi connectivity index (χ3v) is 4.19. The van der Waals surface area contributed by atoms with Crippen molar-refractivity contribution in [1.29, 1.82) is 0 Å². The zero-order chi connectivity index (χ0) is 14.8. The maximum atomic E-state index is 3.29. The SMILES string of the molecule is CCCCCCCCCCCc1c[nH]cc1C(C)(C)C. The summed E-state index contributed by atoms with van der Waals surface area (Å²) in [6.45, 7) is 9.19. The van der Waals surface area contributed by atoms with Crippen molar-refractivity contribution in [3.05, 3.63) is 23.5 Å². The molecule has 1 N–H and O–H groups in total. The molecule has 1 rings (SSSR count). The number of aromatic amines is 1. The Labute approximate surface area is 126 Å². The quantitative estimate of drug-likeness (QED) is 0.477. The Bertz CT molecular complexity index is 343. The molecule has 1 aromatic rings. The van der Waals surface area contributed by atoms with Crippen LogP contribution in [0.2, 0.25) is 0 Å². The highest BCUT2D eigenvalue weighted by Crippen LogP contribution is 2.26. The standard InChI is InChI=1S/C19H35N/c1-5-6-7-8-9-10-11-12-13-14-17-15-20-16-18(17)19(2,3)4/h15-16,20H,5-14H2,1-4H3. The van der Waals surface area contributed by atoms with Gasteiger partial charge < -0.3 is 4.98 Å². The van der Waals surface area contributed by atoms with Crippen LogP contribution in [0.15, 0.2) is 12.4 Å². The van der Waals surface area contributed by atoms with Crippen molar-refractivity contribution in [2.75, 3.05) is 0 Å². The van der Waals surface area contributed by atoms with Gasteiger partial charge in [0.25, 0.3) is 0 Å². The second-order valence-electron chi connectivity index (χ2n) is 7.22. The lowest BCUT2D eigenvalue weighted by molar-refractivity contribution is 0.558. The van der Waals surface area contributed by atoms with Gasteiger partial charge in [0.2, 0.25) is 0 Å². The molecule has 0 bridgehead atoms. The van der Waals surface area contributed by atoms with Crippen LogP contribution in [0, 0.1) is 0 Å². The number of rotatable bonds is 10. The van der Waals surface area contributed by atoms with Gasteiger partial charge in [-0.2, -0.15) is 0 Å². The van der Waals surface area contributed by atoms with Crippen LogP contribution < -0.4 is 0 Å². The van der Waals surface area contributed by atoms with E-state index in [4.69, 9.17) is 0 Å². The predicted molar refractivity (Wildman–Crippen MR) is 90.4 cm³/mol. The average molecular weight is 277 g/mol. The van der Waals surface area contributed by atoms with Gasteiger partial charge in [-0.3, -0.25) is 0 Å². The fraction of sp³-hybridized carbons (Fsp3) is 0.789. The van der Waals surface area contributed by atoms with E-state index in [9.17, 15) is 0 Å². The molecule has 1 aromatic heterocycles. The smallest absolute Gasteiger partial charge is 0.00455 e. The molecule has 0 saturated heterocycles. The molecule has 20 heavy (non-hydrogen) atoms. The van der Waals surface area contributed by atoms with Gasteiger partial charge in [0.05, 0.1) is 0 Å². The normalized spacial score (nSPS) is 12.0. The average Bonchev–Trinajstić information content (AvgIpc) is 2.85. The Morgan fingerprint density at radius 3 is 1.90 bits per heavy atom. The molecule has 0 spiro atoms. The number of H-pyrrole nitrogens is 1. The molecule has 0 aliphatic carbocycles. The highest BCUT2D eigenvalue weighted by molar-refractivity contribution is 5.29. The minimum absolute atomic E-state index is 0.272. The summed E-state index contributed by atoms with van der Waals surface area (Å²) < 4.78 is 0. The largest absolute Gasteiger partial charge is 0.367 e. The summed E-state index contributed by atoms with van der Waals surface area (Å²) in [5.41, 5.74) is 3.30. The van der Waals surface area contributed by atoms with Crippen LogP contribution in [0.4, 0.5) is 0 Å². The van der Waals surface area contributed by atoms with Crippen LogP contribution in [0.5, 0.6) is 0 Å². The highest BCUT2D eigenvalue weighted by atomic mass is 14.6. The van der Waals surface area contributed by atoms with Crippen molar-refractivity contribution < 1.29 is 0 Å². The summed E-state index contributed by atoms with van der Waals surface area (Å²) in [6, 6.07) is 0. The molecule has 1 nitrogen and oxygen atoms in total. The predicted octanol–water partition coefficient (Wildman–Crippen LogP) is 6.39. The van der Waals surface area contributed by atoms with E-state index in [1.54, 1.807) is 0 Å². The summed E-state index contributed by atoms with van der Waals surface area (Å²) in [6.07, 6.45) is 18.3. The lowest BCUT2D eigenvalue weighted by Crippen LogP contribution is -2.12. The van der Waals surface area contributed by atoms with Crippen molar-refractivity contribution in [2.45, 2.75) is 97.3 Å². The van der Waals surface area contributed by atoms with Gasteiger partial charge in [0.15, 0.2) is 0 Å². The molecule has 0 saturated carbocycles. The molecule has 0 aliphatic heterocycles. The van der Waals surface area contributed by atoms with Crippen molar-refractivity contribution in [3.63, 3.8) is 0 Å². The fourth-order valence-electron chi connectivity index (χ4n) is 2.93. The van der Waals surface area contributed by atoms with Gasteiger partial charge in [0.1, 0.15) is 0 Å². The van der Waals surface area contributed by atoms with Crippen LogP contribution >= 0.6 is 0 Å². The Hall–Kier alpha value is -0.720. The van der Waals surface area contributed by atoms with E-state index in [1.807, 2.05) is 0 Å². The molecule has 0 aliphatic rings. The first-order valence-corrected chi connectivity index (χ1v) is 8.72. The van der Waals surface area contributed by atoms with Gasteiger partial charge in [-0.15, -0.1) is 0 Å². The second kappa shape index (κ2) is 9.26. The molecule has 0 aromatic carbocycles. The van der Waals surface area contributed by atoms with Gasteiger partial charge in [-0.05, 0) is 29.4 Å². The first-order valence-electron chi connectivity index (χ1n) is 8.72. The number of unbranched alkanes of at least 4 members (excludes halogenated alkanes) is 8. The molecule has 116 valence electrons. The molecule has 1 heteroatoms. The van der Waals surface area contributed by atoms with E-state index in [-0.39, 0.29) is 5.41 Å². The molecule has 1 heterocycles. The van der Waals surface area contributed by atoms with Crippen LogP contribution in [0.1, 0.15) is 96.6 Å². The Morgan fingerprint density at radius 2 is 1.35 bits per heavy atom. The van der Waals surface area contributed by atoms with Gasteiger partial charge in [-0.25, -0.2) is 0 Å². The van der Waals surface area contributed by atoms with E-state index in [1.165, 1.54) is 75.3 Å². The van der Waals surface area contributed by atoms with Gasteiger partial charge in [-0.1, -0.05) is 79.1 Å². The Balaban J connectivity index is 2.09. The maximum Gasteiger partial charge on any atom is 0.00455 e. The first kappa shape index (κ1) is 17.3. The highest BCUT2D eigenvalue weighted by Gasteiger charge is 2.17. The van der Waals surface area contributed by atoms with Crippen LogP contribution in [-0.2, 0) is 11.8 Å². The molecular weight excluding hydrogens is 242 g/mol. The lowest BCUT2D eigenvalue weighted by Gasteiger charge is -2.19. The summed E-state index contributed by atoms with van der Waals surface area (Å²) in [7, 11) is 0. The molecule has 0 amide bonds. The minimum atomic E-state index is 0.272.